The fraction of sp³-hybridized carbons (Fsp3) is 0.231. The number of aliphatic hydroxyl groups excluding tert-OH is 1. The summed E-state index contributed by atoms with van der Waals surface area (Å²) >= 11 is 3.41. The molecule has 0 saturated heterocycles. The molecule has 16 heavy (non-hydrogen) atoms. The summed E-state index contributed by atoms with van der Waals surface area (Å²) in [5.74, 6) is 0.246. The minimum atomic E-state index is -0.449. The van der Waals surface area contributed by atoms with Gasteiger partial charge in [-0.2, -0.15) is 0 Å². The molecule has 2 nitrogen and oxygen atoms in total. The first-order valence-corrected chi connectivity index (χ1v) is 5.95. The number of hydrogen-bond donors (Lipinski definition) is 2. The summed E-state index contributed by atoms with van der Waals surface area (Å²) in [7, 11) is 0. The number of rotatable bonds is 2. The number of aliphatic hydroxyl groups is 1. The Balaban J connectivity index is 2.55. The van der Waals surface area contributed by atoms with Crippen molar-refractivity contribution in [3.05, 3.63) is 40.4 Å². The van der Waals surface area contributed by atoms with Gasteiger partial charge in [-0.15, -0.1) is 0 Å². The van der Waals surface area contributed by atoms with E-state index < -0.39 is 6.10 Å². The van der Waals surface area contributed by atoms with E-state index in [2.05, 4.69) is 15.9 Å². The molecule has 0 saturated carbocycles. The maximum Gasteiger partial charge on any atom is 0.119 e. The van der Waals surface area contributed by atoms with Crippen LogP contribution in [0.3, 0.4) is 0 Å². The Kier molecular flexibility index (Phi) is 3.17. The lowest BCUT2D eigenvalue weighted by atomic mass is 10.0. The van der Waals surface area contributed by atoms with Crippen LogP contribution in [0.25, 0.3) is 10.8 Å². The molecule has 0 radical (unpaired) electrons. The monoisotopic (exact) mass is 280 g/mol. The molecular formula is C13H13BrO2. The van der Waals surface area contributed by atoms with Crippen LogP contribution < -0.4 is 0 Å². The van der Waals surface area contributed by atoms with Crippen molar-refractivity contribution in [2.24, 2.45) is 0 Å². The standard InChI is InChI=1S/C13H13BrO2/c1-8(15)4-11-5-10-6-12(14)3-2-9(10)7-13(11)16/h2-3,5-8,15-16H,4H2,1H3. The van der Waals surface area contributed by atoms with E-state index in [9.17, 15) is 10.2 Å². The molecule has 1 atom stereocenters. The molecule has 2 rings (SSSR count). The fourth-order valence-corrected chi connectivity index (χ4v) is 2.16. The Labute approximate surface area is 103 Å². The van der Waals surface area contributed by atoms with Gasteiger partial charge in [0.2, 0.25) is 0 Å². The quantitative estimate of drug-likeness (QED) is 0.887. The van der Waals surface area contributed by atoms with Crippen molar-refractivity contribution in [2.75, 3.05) is 0 Å². The van der Waals surface area contributed by atoms with E-state index >= 15 is 0 Å². The third kappa shape index (κ3) is 2.36. The average Bonchev–Trinajstić information content (AvgIpc) is 2.19. The van der Waals surface area contributed by atoms with Crippen LogP contribution in [-0.4, -0.2) is 16.3 Å². The third-order valence-electron chi connectivity index (χ3n) is 2.52. The molecule has 0 spiro atoms. The van der Waals surface area contributed by atoms with Gasteiger partial charge in [0.25, 0.3) is 0 Å². The summed E-state index contributed by atoms with van der Waals surface area (Å²) in [6, 6.07) is 9.54. The predicted octanol–water partition coefficient (Wildman–Crippen LogP) is 3.23. The van der Waals surface area contributed by atoms with Gasteiger partial charge in [-0.1, -0.05) is 22.0 Å². The fourth-order valence-electron chi connectivity index (χ4n) is 1.79. The molecule has 0 aliphatic heterocycles. The maximum absolute atomic E-state index is 9.80. The highest BCUT2D eigenvalue weighted by Gasteiger charge is 2.07. The minimum absolute atomic E-state index is 0.246. The number of benzene rings is 2. The summed E-state index contributed by atoms with van der Waals surface area (Å²) in [4.78, 5) is 0. The molecule has 0 bridgehead atoms. The molecule has 0 heterocycles. The number of phenols is 1. The lowest BCUT2D eigenvalue weighted by Gasteiger charge is -2.09. The first-order chi connectivity index (χ1) is 7.56. The predicted molar refractivity (Wildman–Crippen MR) is 68.7 cm³/mol. The molecule has 0 fully saturated rings. The van der Waals surface area contributed by atoms with E-state index in [1.54, 1.807) is 13.0 Å². The first-order valence-electron chi connectivity index (χ1n) is 5.15. The van der Waals surface area contributed by atoms with Crippen molar-refractivity contribution >= 4 is 26.7 Å². The van der Waals surface area contributed by atoms with Gasteiger partial charge in [0.05, 0.1) is 6.10 Å². The Morgan fingerprint density at radius 3 is 2.62 bits per heavy atom. The van der Waals surface area contributed by atoms with E-state index in [0.717, 1.165) is 20.8 Å². The molecule has 2 N–H and O–H groups in total. The van der Waals surface area contributed by atoms with E-state index in [1.807, 2.05) is 24.3 Å². The summed E-state index contributed by atoms with van der Waals surface area (Å²) in [5.41, 5.74) is 0.778. The summed E-state index contributed by atoms with van der Waals surface area (Å²) in [6.45, 7) is 1.71. The Hall–Kier alpha value is -1.06. The largest absolute Gasteiger partial charge is 0.508 e. The van der Waals surface area contributed by atoms with Crippen LogP contribution in [0, 0.1) is 0 Å². The number of halogens is 1. The minimum Gasteiger partial charge on any atom is -0.508 e. The third-order valence-corrected chi connectivity index (χ3v) is 3.01. The second kappa shape index (κ2) is 4.44. The first kappa shape index (κ1) is 11.4. The number of phenolic OH excluding ortho intramolecular Hbond substituents is 1. The molecular weight excluding hydrogens is 268 g/mol. The van der Waals surface area contributed by atoms with Gasteiger partial charge in [0.1, 0.15) is 5.75 Å². The molecule has 0 aliphatic carbocycles. The molecule has 0 amide bonds. The zero-order chi connectivity index (χ0) is 11.7. The topological polar surface area (TPSA) is 40.5 Å². The zero-order valence-corrected chi connectivity index (χ0v) is 10.5. The van der Waals surface area contributed by atoms with Gasteiger partial charge in [0.15, 0.2) is 0 Å². The zero-order valence-electron chi connectivity index (χ0n) is 8.94. The second-order valence-corrected chi connectivity index (χ2v) is 4.94. The Morgan fingerprint density at radius 1 is 1.19 bits per heavy atom. The molecule has 1 unspecified atom stereocenters. The molecule has 0 aromatic heterocycles. The van der Waals surface area contributed by atoms with Gasteiger partial charge >= 0.3 is 0 Å². The van der Waals surface area contributed by atoms with Crippen molar-refractivity contribution < 1.29 is 10.2 Å². The van der Waals surface area contributed by atoms with Crippen molar-refractivity contribution in [3.63, 3.8) is 0 Å². The highest BCUT2D eigenvalue weighted by atomic mass is 79.9. The van der Waals surface area contributed by atoms with Crippen molar-refractivity contribution in [3.8, 4) is 5.75 Å². The normalized spacial score (nSPS) is 12.9. The van der Waals surface area contributed by atoms with Crippen LogP contribution in [-0.2, 0) is 6.42 Å². The summed E-state index contributed by atoms with van der Waals surface area (Å²) in [5, 5.41) is 21.2. The summed E-state index contributed by atoms with van der Waals surface area (Å²) in [6.07, 6.45) is 0.0179. The van der Waals surface area contributed by atoms with Crippen LogP contribution in [0.5, 0.6) is 5.75 Å². The van der Waals surface area contributed by atoms with Gasteiger partial charge in [-0.3, -0.25) is 0 Å². The van der Waals surface area contributed by atoms with Gasteiger partial charge < -0.3 is 10.2 Å². The lowest BCUT2D eigenvalue weighted by Crippen LogP contribution is -2.04. The van der Waals surface area contributed by atoms with Crippen molar-refractivity contribution in [1.82, 2.24) is 0 Å². The second-order valence-electron chi connectivity index (χ2n) is 4.03. The number of hydrogen-bond acceptors (Lipinski definition) is 2. The summed E-state index contributed by atoms with van der Waals surface area (Å²) < 4.78 is 1.01. The molecule has 3 heteroatoms. The van der Waals surface area contributed by atoms with Crippen LogP contribution >= 0.6 is 15.9 Å². The van der Waals surface area contributed by atoms with Crippen molar-refractivity contribution in [1.29, 1.82) is 0 Å². The molecule has 84 valence electrons. The number of fused-ring (bicyclic) bond motifs is 1. The van der Waals surface area contributed by atoms with Gasteiger partial charge in [-0.05, 0) is 47.5 Å². The van der Waals surface area contributed by atoms with Crippen LogP contribution in [0.1, 0.15) is 12.5 Å². The average molecular weight is 281 g/mol. The SMILES string of the molecule is CC(O)Cc1cc2cc(Br)ccc2cc1O. The van der Waals surface area contributed by atoms with Crippen LogP contribution in [0.4, 0.5) is 0 Å². The van der Waals surface area contributed by atoms with Crippen LogP contribution in [0.2, 0.25) is 0 Å². The molecule has 0 aliphatic rings. The van der Waals surface area contributed by atoms with E-state index in [0.29, 0.717) is 6.42 Å². The smallest absolute Gasteiger partial charge is 0.119 e. The molecule has 2 aromatic rings. The van der Waals surface area contributed by atoms with E-state index in [4.69, 9.17) is 0 Å². The highest BCUT2D eigenvalue weighted by Crippen LogP contribution is 2.28. The highest BCUT2D eigenvalue weighted by molar-refractivity contribution is 9.10. The Bertz CT molecular complexity index is 521. The van der Waals surface area contributed by atoms with E-state index in [1.165, 1.54) is 0 Å². The lowest BCUT2D eigenvalue weighted by molar-refractivity contribution is 0.194. The van der Waals surface area contributed by atoms with E-state index in [-0.39, 0.29) is 5.75 Å². The van der Waals surface area contributed by atoms with Gasteiger partial charge in [0, 0.05) is 10.9 Å². The molecule has 2 aromatic carbocycles. The Morgan fingerprint density at radius 2 is 1.94 bits per heavy atom. The maximum atomic E-state index is 9.80. The number of aromatic hydroxyl groups is 1. The van der Waals surface area contributed by atoms with Crippen molar-refractivity contribution in [2.45, 2.75) is 19.4 Å². The van der Waals surface area contributed by atoms with Gasteiger partial charge in [-0.25, -0.2) is 0 Å². The van der Waals surface area contributed by atoms with Crippen LogP contribution in [0.15, 0.2) is 34.8 Å².